The van der Waals surface area contributed by atoms with Crippen molar-refractivity contribution in [2.24, 2.45) is 10.8 Å². The van der Waals surface area contributed by atoms with Crippen LogP contribution in [0.5, 0.6) is 0 Å². The van der Waals surface area contributed by atoms with Gasteiger partial charge in [-0.15, -0.1) is 0 Å². The zero-order chi connectivity index (χ0) is 54.1. The van der Waals surface area contributed by atoms with Crippen LogP contribution in [0, 0.1) is 10.8 Å². The summed E-state index contributed by atoms with van der Waals surface area (Å²) in [5.74, 6) is -0.104. The molecule has 0 amide bonds. The molecule has 0 spiro atoms. The molecule has 74 heavy (non-hydrogen) atoms. The van der Waals surface area contributed by atoms with Crippen molar-refractivity contribution in [2.45, 2.75) is 297 Å². The lowest BCUT2D eigenvalue weighted by atomic mass is 9.63. The number of hydrogen-bond acceptors (Lipinski definition) is 6. The highest BCUT2D eigenvalue weighted by molar-refractivity contribution is 5.70. The number of carbonyl (C=O) groups is 2. The van der Waals surface area contributed by atoms with Gasteiger partial charge in [-0.25, -0.2) is 0 Å². The minimum Gasteiger partial charge on any atom is -0.462 e. The number of ether oxygens (including phenoxy) is 4. The van der Waals surface area contributed by atoms with Crippen LogP contribution in [0.2, 0.25) is 0 Å². The topological polar surface area (TPSA) is 77.7 Å². The van der Waals surface area contributed by atoms with Crippen LogP contribution in [0.1, 0.15) is 263 Å². The van der Waals surface area contributed by atoms with E-state index in [1.807, 2.05) is 0 Å². The summed E-state index contributed by atoms with van der Waals surface area (Å²) in [5.41, 5.74) is 2.96. The fourth-order valence-electron chi connectivity index (χ4n) is 12.4. The molecule has 0 unspecified atom stereocenters. The molecule has 0 aromatic rings. The first-order valence-corrected chi connectivity index (χ1v) is 30.2. The molecule has 2 saturated heterocycles. The van der Waals surface area contributed by atoms with Gasteiger partial charge >= 0.3 is 11.9 Å². The Hall–Kier alpha value is -3.48. The molecule has 0 aromatic carbocycles. The van der Waals surface area contributed by atoms with Crippen LogP contribution < -0.4 is 0 Å². The first-order chi connectivity index (χ1) is 35.3. The lowest BCUT2D eigenvalue weighted by Gasteiger charge is -2.40. The Balaban J connectivity index is 1.13. The number of unbranched alkanes of at least 4 members (excludes halogenated alkanes) is 20. The highest BCUT2D eigenvalue weighted by Gasteiger charge is 2.76. The van der Waals surface area contributed by atoms with Gasteiger partial charge in [0.15, 0.2) is 0 Å². The van der Waals surface area contributed by atoms with Crippen molar-refractivity contribution in [3.8, 4) is 0 Å². The lowest BCUT2D eigenvalue weighted by Crippen LogP contribution is -2.47. The first-order valence-electron chi connectivity index (χ1n) is 30.2. The summed E-state index contributed by atoms with van der Waals surface area (Å²) >= 11 is 0. The second-order valence-electron chi connectivity index (χ2n) is 24.9. The predicted molar refractivity (Wildman–Crippen MR) is 313 cm³/mol. The molecule has 416 valence electrons. The molecule has 2 saturated carbocycles. The average molecular weight is 1020 g/mol. The van der Waals surface area contributed by atoms with Gasteiger partial charge in [0, 0.05) is 36.5 Å². The Bertz CT molecular complexity index is 2020. The molecule has 2 aliphatic carbocycles. The third-order valence-corrected chi connectivity index (χ3v) is 17.0. The van der Waals surface area contributed by atoms with Crippen molar-refractivity contribution in [2.75, 3.05) is 0 Å². The van der Waals surface area contributed by atoms with Gasteiger partial charge in [-0.2, -0.15) is 0 Å². The summed E-state index contributed by atoms with van der Waals surface area (Å²) in [7, 11) is 0. The summed E-state index contributed by atoms with van der Waals surface area (Å²) in [5, 5.41) is 0. The molecule has 0 radical (unpaired) electrons. The van der Waals surface area contributed by atoms with Gasteiger partial charge in [0.2, 0.25) is 0 Å². The van der Waals surface area contributed by atoms with Crippen molar-refractivity contribution in [3.05, 3.63) is 107 Å². The number of rotatable bonds is 36. The molecular formula is C68H108O6. The van der Waals surface area contributed by atoms with Gasteiger partial charge < -0.3 is 18.9 Å². The molecule has 0 N–H and O–H groups in total. The standard InChI is InChI=1S/C68H108O6/c1-13-15-17-19-21-23-24-25-26-28-30-32-34-46-62(70)72-60-52-64(9,10)68(66(12,54-60)74-68)50-48-58(6)44-38-42-56(4)40-36-35-39-55(3)41-37-43-57(5)47-49-67-63(7,8)51-59(53-65(67,11)73-67)71-61(69)45-33-31-29-27-22-20-18-16-14-2/h35-44,47-50,59-60H,13-34,45-46,51-54H2,1-12H3/b36-35+,41-37+,42-38+,49-47+,50-48+,55-39+,56-40+,57-43+,58-44+/t59-,60-,65+,66+,67-,68-/m0/s1. The van der Waals surface area contributed by atoms with Gasteiger partial charge in [0.05, 0.1) is 0 Å². The monoisotopic (exact) mass is 1020 g/mol. The molecule has 4 rings (SSSR count). The molecule has 6 atom stereocenters. The van der Waals surface area contributed by atoms with Crippen molar-refractivity contribution in [1.82, 2.24) is 0 Å². The fraction of sp³-hybridized carbons (Fsp3) is 0.706. The number of epoxide rings is 2. The first kappa shape index (κ1) is 63.1. The number of carbonyl (C=O) groups excluding carboxylic acids is 2. The minimum atomic E-state index is -0.359. The van der Waals surface area contributed by atoms with Crippen molar-refractivity contribution < 1.29 is 28.5 Å². The maximum Gasteiger partial charge on any atom is 0.306 e. The second-order valence-corrected chi connectivity index (χ2v) is 24.9. The van der Waals surface area contributed by atoms with Crippen molar-refractivity contribution in [3.63, 3.8) is 0 Å². The molecule has 4 fully saturated rings. The molecule has 4 aliphatic rings. The van der Waals surface area contributed by atoms with Crippen LogP contribution in [-0.2, 0) is 28.5 Å². The molecule has 2 heterocycles. The van der Waals surface area contributed by atoms with E-state index in [9.17, 15) is 9.59 Å². The van der Waals surface area contributed by atoms with E-state index >= 15 is 0 Å². The highest BCUT2D eigenvalue weighted by atomic mass is 16.6. The van der Waals surface area contributed by atoms with Gasteiger partial charge in [-0.3, -0.25) is 9.59 Å². The molecule has 6 nitrogen and oxygen atoms in total. The van der Waals surface area contributed by atoms with E-state index in [0.717, 1.165) is 68.1 Å². The van der Waals surface area contributed by atoms with Crippen LogP contribution in [0.15, 0.2) is 107 Å². The number of allylic oxidation sites excluding steroid dienone is 16. The van der Waals surface area contributed by atoms with E-state index in [0.29, 0.717) is 12.8 Å². The zero-order valence-electron chi connectivity index (χ0n) is 49.5. The highest BCUT2D eigenvalue weighted by Crippen LogP contribution is 2.67. The predicted octanol–water partition coefficient (Wildman–Crippen LogP) is 19.5. The maximum absolute atomic E-state index is 12.9. The van der Waals surface area contributed by atoms with E-state index in [2.05, 4.69) is 168 Å². The normalized spacial score (nSPS) is 27.9. The van der Waals surface area contributed by atoms with Crippen molar-refractivity contribution in [1.29, 1.82) is 0 Å². The Morgan fingerprint density at radius 3 is 1.00 bits per heavy atom. The smallest absolute Gasteiger partial charge is 0.306 e. The largest absolute Gasteiger partial charge is 0.462 e. The molecule has 0 bridgehead atoms. The van der Waals surface area contributed by atoms with Gasteiger partial charge in [0.25, 0.3) is 0 Å². The number of esters is 2. The van der Waals surface area contributed by atoms with Gasteiger partial charge in [-0.05, 0) is 79.4 Å². The number of fused-ring (bicyclic) bond motifs is 2. The van der Waals surface area contributed by atoms with Gasteiger partial charge in [0.1, 0.15) is 34.6 Å². The van der Waals surface area contributed by atoms with E-state index in [-0.39, 0.29) is 57.4 Å². The minimum absolute atomic E-state index is 0.0497. The molecule has 2 aliphatic heterocycles. The maximum atomic E-state index is 12.9. The van der Waals surface area contributed by atoms with Crippen LogP contribution in [-0.4, -0.2) is 46.6 Å². The molecule has 0 aromatic heterocycles. The second kappa shape index (κ2) is 31.1. The van der Waals surface area contributed by atoms with Crippen LogP contribution in [0.25, 0.3) is 0 Å². The molecular weight excluding hydrogens is 913 g/mol. The van der Waals surface area contributed by atoms with E-state index < -0.39 is 0 Å². The fourth-order valence-corrected chi connectivity index (χ4v) is 12.4. The summed E-state index contributed by atoms with van der Waals surface area (Å²) in [6.45, 7) is 26.4. The van der Waals surface area contributed by atoms with E-state index in [1.165, 1.54) is 121 Å². The third kappa shape index (κ3) is 19.8. The van der Waals surface area contributed by atoms with E-state index in [4.69, 9.17) is 18.9 Å². The summed E-state index contributed by atoms with van der Waals surface area (Å²) in [6.07, 6.45) is 62.0. The SMILES string of the molecule is CCCCCCCCCCCCCCCC(=O)O[C@H]1CC(C)(C)[C@]2(/C=C/C(C)=C/C=C/C(C)=C/C=C/C=C(C)/C=C/C=C(C)/C=C/[C@@]34O[C@]3(C)C[C@@H](OC(=O)CCCCCCCCCCC)CC4(C)C)O[C@]2(C)C1. The zero-order valence-corrected chi connectivity index (χ0v) is 49.5. The Morgan fingerprint density at radius 1 is 0.405 bits per heavy atom. The van der Waals surface area contributed by atoms with Crippen molar-refractivity contribution >= 4 is 11.9 Å². The Labute approximate surface area is 454 Å². The molecule has 6 heteroatoms. The summed E-state index contributed by atoms with van der Waals surface area (Å²) in [6, 6.07) is 0. The quantitative estimate of drug-likeness (QED) is 0.0269. The van der Waals surface area contributed by atoms with E-state index in [1.54, 1.807) is 0 Å². The Kier molecular flexibility index (Phi) is 26.5. The average Bonchev–Trinajstić information content (AvgIpc) is 4.18. The Morgan fingerprint density at radius 2 is 0.689 bits per heavy atom. The van der Waals surface area contributed by atoms with Crippen LogP contribution in [0.4, 0.5) is 0 Å². The van der Waals surface area contributed by atoms with Crippen LogP contribution in [0.3, 0.4) is 0 Å². The summed E-state index contributed by atoms with van der Waals surface area (Å²) in [4.78, 5) is 25.7. The summed E-state index contributed by atoms with van der Waals surface area (Å²) < 4.78 is 25.2. The third-order valence-electron chi connectivity index (χ3n) is 17.0. The van der Waals surface area contributed by atoms with Crippen LogP contribution >= 0.6 is 0 Å². The lowest BCUT2D eigenvalue weighted by molar-refractivity contribution is -0.153. The number of hydrogen-bond donors (Lipinski definition) is 0. The van der Waals surface area contributed by atoms with Gasteiger partial charge in [-0.1, -0.05) is 265 Å².